The lowest BCUT2D eigenvalue weighted by molar-refractivity contribution is 0.492. The maximum absolute atomic E-state index is 13.4. The number of H-pyrrole nitrogens is 1. The van der Waals surface area contributed by atoms with Crippen molar-refractivity contribution < 1.29 is 13.2 Å². The van der Waals surface area contributed by atoms with Crippen molar-refractivity contribution in [2.45, 2.75) is 6.92 Å². The van der Waals surface area contributed by atoms with Gasteiger partial charge in [-0.25, -0.2) is 13.2 Å². The van der Waals surface area contributed by atoms with E-state index in [0.717, 1.165) is 6.07 Å². The Morgan fingerprint density at radius 2 is 1.81 bits per heavy atom. The van der Waals surface area contributed by atoms with Crippen molar-refractivity contribution in [3.05, 3.63) is 40.2 Å². The van der Waals surface area contributed by atoms with Crippen LogP contribution >= 0.6 is 12.2 Å². The molecule has 0 spiro atoms. The molecule has 7 heteroatoms. The normalized spacial score (nSPS) is 10.8. The molecule has 0 unspecified atom stereocenters. The predicted molar refractivity (Wildman–Crippen MR) is 53.4 cm³/mol. The van der Waals surface area contributed by atoms with Crippen LogP contribution in [0.2, 0.25) is 0 Å². The zero-order valence-corrected chi connectivity index (χ0v) is 8.91. The van der Waals surface area contributed by atoms with Crippen molar-refractivity contribution in [1.29, 1.82) is 0 Å². The molecule has 1 aromatic carbocycles. The summed E-state index contributed by atoms with van der Waals surface area (Å²) in [6.07, 6.45) is 0. The minimum Gasteiger partial charge on any atom is -0.269 e. The molecule has 0 atom stereocenters. The molecule has 0 saturated carbocycles. The van der Waals surface area contributed by atoms with Gasteiger partial charge < -0.3 is 0 Å². The molecular weight excluding hydrogens is 239 g/mol. The first-order valence-corrected chi connectivity index (χ1v) is 4.70. The molecule has 0 bridgehead atoms. The Morgan fingerprint density at radius 1 is 1.19 bits per heavy atom. The topological polar surface area (TPSA) is 33.6 Å². The van der Waals surface area contributed by atoms with Crippen molar-refractivity contribution >= 4 is 12.2 Å². The largest absolute Gasteiger partial charge is 0.269 e. The summed E-state index contributed by atoms with van der Waals surface area (Å²) in [6.45, 7) is 1.56. The number of aromatic amines is 1. The lowest BCUT2D eigenvalue weighted by atomic mass is 10.3. The van der Waals surface area contributed by atoms with Crippen LogP contribution in [0.5, 0.6) is 0 Å². The lowest BCUT2D eigenvalue weighted by Gasteiger charge is -2.06. The molecule has 0 saturated heterocycles. The van der Waals surface area contributed by atoms with Gasteiger partial charge in [-0.1, -0.05) is 0 Å². The Bertz CT molecular complexity index is 603. The third-order valence-corrected chi connectivity index (χ3v) is 2.34. The number of hydrogen-bond acceptors (Lipinski definition) is 2. The maximum atomic E-state index is 13.4. The molecule has 3 nitrogen and oxygen atoms in total. The van der Waals surface area contributed by atoms with Crippen molar-refractivity contribution in [3.63, 3.8) is 0 Å². The third-order valence-electron chi connectivity index (χ3n) is 2.07. The molecule has 0 radical (unpaired) electrons. The summed E-state index contributed by atoms with van der Waals surface area (Å²) in [5.41, 5.74) is -0.171. The van der Waals surface area contributed by atoms with Crippen LogP contribution in [0.4, 0.5) is 13.2 Å². The summed E-state index contributed by atoms with van der Waals surface area (Å²) in [7, 11) is 0. The summed E-state index contributed by atoms with van der Waals surface area (Å²) >= 11 is 4.85. The number of aromatic nitrogens is 3. The minimum atomic E-state index is -1.24. The molecule has 0 aliphatic carbocycles. The molecule has 84 valence electrons. The van der Waals surface area contributed by atoms with E-state index in [1.165, 1.54) is 4.57 Å². The molecule has 2 rings (SSSR count). The van der Waals surface area contributed by atoms with E-state index >= 15 is 0 Å². The number of aryl methyl sites for hydroxylation is 1. The van der Waals surface area contributed by atoms with Crippen LogP contribution in [-0.4, -0.2) is 14.8 Å². The van der Waals surface area contributed by atoms with Crippen LogP contribution in [0.3, 0.4) is 0 Å². The van der Waals surface area contributed by atoms with Gasteiger partial charge in [0.15, 0.2) is 16.4 Å². The number of nitrogens with zero attached hydrogens (tertiary/aromatic N) is 2. The van der Waals surface area contributed by atoms with Crippen LogP contribution in [0.15, 0.2) is 12.1 Å². The van der Waals surface area contributed by atoms with E-state index in [1.54, 1.807) is 6.92 Å². The summed E-state index contributed by atoms with van der Waals surface area (Å²) in [5.74, 6) is -2.93. The van der Waals surface area contributed by atoms with Gasteiger partial charge in [0.25, 0.3) is 0 Å². The van der Waals surface area contributed by atoms with E-state index in [0.29, 0.717) is 11.9 Å². The fraction of sp³-hybridized carbons (Fsp3) is 0.111. The van der Waals surface area contributed by atoms with Gasteiger partial charge in [0.05, 0.1) is 5.69 Å². The van der Waals surface area contributed by atoms with E-state index in [9.17, 15) is 13.2 Å². The third kappa shape index (κ3) is 1.63. The van der Waals surface area contributed by atoms with Crippen molar-refractivity contribution in [2.24, 2.45) is 0 Å². The van der Waals surface area contributed by atoms with Crippen LogP contribution in [0.1, 0.15) is 5.82 Å². The van der Waals surface area contributed by atoms with Crippen molar-refractivity contribution in [1.82, 2.24) is 14.8 Å². The summed E-state index contributed by atoms with van der Waals surface area (Å²) < 4.78 is 40.5. The second-order valence-electron chi connectivity index (χ2n) is 3.13. The fourth-order valence-electron chi connectivity index (χ4n) is 1.34. The van der Waals surface area contributed by atoms with Crippen LogP contribution in [-0.2, 0) is 0 Å². The van der Waals surface area contributed by atoms with E-state index in [2.05, 4.69) is 10.2 Å². The summed E-state index contributed by atoms with van der Waals surface area (Å²) in [5, 5.41) is 6.18. The molecule has 1 heterocycles. The van der Waals surface area contributed by atoms with E-state index in [-0.39, 0.29) is 10.5 Å². The highest BCUT2D eigenvalue weighted by Gasteiger charge is 2.14. The first-order chi connectivity index (χ1) is 7.50. The molecule has 0 aliphatic heterocycles. The van der Waals surface area contributed by atoms with Gasteiger partial charge in [0.1, 0.15) is 11.6 Å². The van der Waals surface area contributed by atoms with Gasteiger partial charge in [-0.05, 0) is 19.1 Å². The van der Waals surface area contributed by atoms with Crippen LogP contribution in [0, 0.1) is 29.1 Å². The van der Waals surface area contributed by atoms with E-state index in [4.69, 9.17) is 12.2 Å². The highest BCUT2D eigenvalue weighted by molar-refractivity contribution is 7.71. The molecular formula is C9H6F3N3S. The first kappa shape index (κ1) is 10.9. The highest BCUT2D eigenvalue weighted by atomic mass is 32.1. The van der Waals surface area contributed by atoms with Gasteiger partial charge in [-0.15, -0.1) is 0 Å². The Hall–Kier alpha value is -1.63. The lowest BCUT2D eigenvalue weighted by Crippen LogP contribution is -2.02. The summed E-state index contributed by atoms with van der Waals surface area (Å²) in [4.78, 5) is 0. The van der Waals surface area contributed by atoms with Crippen molar-refractivity contribution in [2.75, 3.05) is 0 Å². The second kappa shape index (κ2) is 3.75. The molecule has 16 heavy (non-hydrogen) atoms. The quantitative estimate of drug-likeness (QED) is 0.619. The number of halogens is 3. The van der Waals surface area contributed by atoms with Gasteiger partial charge in [0.2, 0.25) is 0 Å². The average Bonchev–Trinajstić information content (AvgIpc) is 2.53. The fourth-order valence-corrected chi connectivity index (χ4v) is 1.62. The second-order valence-corrected chi connectivity index (χ2v) is 3.52. The summed E-state index contributed by atoms with van der Waals surface area (Å²) in [6, 6.07) is 1.21. The van der Waals surface area contributed by atoms with Gasteiger partial charge in [-0.2, -0.15) is 5.10 Å². The zero-order valence-electron chi connectivity index (χ0n) is 8.09. The number of hydrogen-bond donors (Lipinski definition) is 1. The number of benzene rings is 1. The van der Waals surface area contributed by atoms with Crippen LogP contribution < -0.4 is 0 Å². The molecule has 1 aromatic heterocycles. The molecule has 1 N–H and O–H groups in total. The van der Waals surface area contributed by atoms with Gasteiger partial charge >= 0.3 is 0 Å². The Morgan fingerprint density at radius 3 is 2.38 bits per heavy atom. The Balaban J connectivity index is 2.74. The number of nitrogens with one attached hydrogen (secondary N) is 1. The first-order valence-electron chi connectivity index (χ1n) is 4.29. The Labute approximate surface area is 93.5 Å². The minimum absolute atomic E-state index is 0.113. The SMILES string of the molecule is Cc1n[nH]c(=S)n1-c1cc(F)c(F)cc1F. The van der Waals surface area contributed by atoms with Gasteiger partial charge in [-0.3, -0.25) is 9.67 Å². The van der Waals surface area contributed by atoms with E-state index in [1.807, 2.05) is 0 Å². The van der Waals surface area contributed by atoms with Crippen LogP contribution in [0.25, 0.3) is 5.69 Å². The Kier molecular flexibility index (Phi) is 2.55. The average molecular weight is 245 g/mol. The standard InChI is InChI=1S/C9H6F3N3S/c1-4-13-14-9(16)15(4)8-3-6(11)5(10)2-7(8)12/h2-3H,1H3,(H,14,16). The van der Waals surface area contributed by atoms with E-state index < -0.39 is 17.5 Å². The molecule has 0 fully saturated rings. The maximum Gasteiger partial charge on any atom is 0.199 e. The molecule has 2 aromatic rings. The molecule has 0 amide bonds. The smallest absolute Gasteiger partial charge is 0.199 e. The highest BCUT2D eigenvalue weighted by Crippen LogP contribution is 2.18. The predicted octanol–water partition coefficient (Wildman–Crippen LogP) is 2.66. The zero-order chi connectivity index (χ0) is 11.9. The van der Waals surface area contributed by atoms with Gasteiger partial charge in [0, 0.05) is 12.1 Å². The number of rotatable bonds is 1. The monoisotopic (exact) mass is 245 g/mol. The van der Waals surface area contributed by atoms with Crippen molar-refractivity contribution in [3.8, 4) is 5.69 Å². The molecule has 0 aliphatic rings.